The SMILES string of the molecule is CCNCc1c(N2CCC(CC)CC2)nc2sccn12. The second-order valence-corrected chi connectivity index (χ2v) is 6.43. The topological polar surface area (TPSA) is 32.6 Å². The summed E-state index contributed by atoms with van der Waals surface area (Å²) < 4.78 is 2.24. The van der Waals surface area contributed by atoms with Crippen LogP contribution < -0.4 is 10.2 Å². The Bertz CT molecular complexity index is 551. The summed E-state index contributed by atoms with van der Waals surface area (Å²) in [6, 6.07) is 0. The van der Waals surface area contributed by atoms with Gasteiger partial charge in [-0.3, -0.25) is 4.40 Å². The van der Waals surface area contributed by atoms with E-state index in [2.05, 4.69) is 40.0 Å². The lowest BCUT2D eigenvalue weighted by Crippen LogP contribution is -2.34. The van der Waals surface area contributed by atoms with Gasteiger partial charge in [-0.1, -0.05) is 20.3 Å². The number of anilines is 1. The number of nitrogens with one attached hydrogen (secondary N) is 1. The van der Waals surface area contributed by atoms with Crippen molar-refractivity contribution in [1.29, 1.82) is 0 Å². The first-order valence-electron chi connectivity index (χ1n) is 7.73. The molecular weight excluding hydrogens is 268 g/mol. The number of thiazole rings is 1. The normalized spacial score (nSPS) is 17.2. The third-order valence-corrected chi connectivity index (χ3v) is 5.13. The molecule has 0 saturated carbocycles. The van der Waals surface area contributed by atoms with Crippen molar-refractivity contribution in [3.63, 3.8) is 0 Å². The highest BCUT2D eigenvalue weighted by atomic mass is 32.1. The standard InChI is InChI=1S/C15H24N4S/c1-3-12-5-7-18(8-6-12)14-13(11-16-4-2)19-9-10-20-15(19)17-14/h9-10,12,16H,3-8,11H2,1-2H3. The molecule has 20 heavy (non-hydrogen) atoms. The molecule has 1 aliphatic rings. The van der Waals surface area contributed by atoms with Gasteiger partial charge in [-0.15, -0.1) is 11.3 Å². The molecule has 1 N–H and O–H groups in total. The first-order chi connectivity index (χ1) is 9.83. The molecule has 0 unspecified atom stereocenters. The van der Waals surface area contributed by atoms with Crippen LogP contribution in [-0.4, -0.2) is 29.0 Å². The van der Waals surface area contributed by atoms with E-state index < -0.39 is 0 Å². The van der Waals surface area contributed by atoms with E-state index in [-0.39, 0.29) is 0 Å². The molecule has 0 aromatic carbocycles. The van der Waals surface area contributed by atoms with E-state index in [1.165, 1.54) is 30.8 Å². The van der Waals surface area contributed by atoms with Crippen LogP contribution in [0.3, 0.4) is 0 Å². The van der Waals surface area contributed by atoms with Gasteiger partial charge in [0.2, 0.25) is 0 Å². The Morgan fingerprint density at radius 1 is 1.35 bits per heavy atom. The Morgan fingerprint density at radius 3 is 2.85 bits per heavy atom. The first kappa shape index (κ1) is 13.9. The highest BCUT2D eigenvalue weighted by Gasteiger charge is 2.23. The Kier molecular flexibility index (Phi) is 4.27. The fourth-order valence-corrected chi connectivity index (χ4v) is 3.76. The minimum atomic E-state index is 0.900. The number of aromatic nitrogens is 2. The zero-order chi connectivity index (χ0) is 13.9. The minimum absolute atomic E-state index is 0.900. The van der Waals surface area contributed by atoms with E-state index in [0.717, 1.165) is 37.1 Å². The molecule has 3 rings (SSSR count). The van der Waals surface area contributed by atoms with Gasteiger partial charge in [-0.05, 0) is 25.3 Å². The van der Waals surface area contributed by atoms with Gasteiger partial charge in [0.25, 0.3) is 0 Å². The van der Waals surface area contributed by atoms with Crippen LogP contribution in [0.25, 0.3) is 4.96 Å². The number of imidazole rings is 1. The molecule has 2 aromatic heterocycles. The van der Waals surface area contributed by atoms with Crippen LogP contribution in [0.4, 0.5) is 5.82 Å². The van der Waals surface area contributed by atoms with E-state index in [4.69, 9.17) is 4.98 Å². The van der Waals surface area contributed by atoms with Crippen LogP contribution in [0.5, 0.6) is 0 Å². The predicted octanol–water partition coefficient (Wildman–Crippen LogP) is 3.13. The summed E-state index contributed by atoms with van der Waals surface area (Å²) in [5.74, 6) is 2.11. The van der Waals surface area contributed by atoms with Gasteiger partial charge in [0.15, 0.2) is 10.8 Å². The first-order valence-corrected chi connectivity index (χ1v) is 8.61. The maximum Gasteiger partial charge on any atom is 0.195 e. The summed E-state index contributed by atoms with van der Waals surface area (Å²) in [6.45, 7) is 8.67. The van der Waals surface area contributed by atoms with Gasteiger partial charge in [0.05, 0.1) is 5.69 Å². The third-order valence-electron chi connectivity index (χ3n) is 4.37. The summed E-state index contributed by atoms with van der Waals surface area (Å²) in [7, 11) is 0. The average Bonchev–Trinajstić information content (AvgIpc) is 3.06. The third kappa shape index (κ3) is 2.56. The molecule has 0 bridgehead atoms. The van der Waals surface area contributed by atoms with Crippen LogP contribution >= 0.6 is 11.3 Å². The van der Waals surface area contributed by atoms with Crippen molar-refractivity contribution in [2.45, 2.75) is 39.7 Å². The second-order valence-electron chi connectivity index (χ2n) is 5.56. The molecule has 0 radical (unpaired) electrons. The van der Waals surface area contributed by atoms with E-state index in [9.17, 15) is 0 Å². The fraction of sp³-hybridized carbons (Fsp3) is 0.667. The molecule has 110 valence electrons. The Morgan fingerprint density at radius 2 is 2.15 bits per heavy atom. The highest BCUT2D eigenvalue weighted by molar-refractivity contribution is 7.15. The van der Waals surface area contributed by atoms with Gasteiger partial charge < -0.3 is 10.2 Å². The van der Waals surface area contributed by atoms with Gasteiger partial charge >= 0.3 is 0 Å². The molecular formula is C15H24N4S. The van der Waals surface area contributed by atoms with Gasteiger partial charge in [-0.2, -0.15) is 0 Å². The van der Waals surface area contributed by atoms with Gasteiger partial charge in [0, 0.05) is 31.2 Å². The molecule has 0 atom stereocenters. The number of piperidine rings is 1. The fourth-order valence-electron chi connectivity index (χ4n) is 3.04. The van der Waals surface area contributed by atoms with Crippen molar-refractivity contribution in [3.8, 4) is 0 Å². The Balaban J connectivity index is 1.84. The molecule has 2 aromatic rings. The number of nitrogens with zero attached hydrogens (tertiary/aromatic N) is 3. The Hall–Kier alpha value is -1.07. The zero-order valence-corrected chi connectivity index (χ0v) is 13.2. The number of hydrogen-bond donors (Lipinski definition) is 1. The van der Waals surface area contributed by atoms with E-state index >= 15 is 0 Å². The molecule has 1 aliphatic heterocycles. The van der Waals surface area contributed by atoms with E-state index in [1.807, 2.05) is 0 Å². The summed E-state index contributed by atoms with van der Waals surface area (Å²) in [5, 5.41) is 5.57. The zero-order valence-electron chi connectivity index (χ0n) is 12.4. The molecule has 0 amide bonds. The molecule has 1 fully saturated rings. The average molecular weight is 292 g/mol. The lowest BCUT2D eigenvalue weighted by Gasteiger charge is -2.32. The summed E-state index contributed by atoms with van der Waals surface area (Å²) in [4.78, 5) is 8.47. The summed E-state index contributed by atoms with van der Waals surface area (Å²) >= 11 is 1.72. The van der Waals surface area contributed by atoms with Crippen molar-refractivity contribution in [2.24, 2.45) is 5.92 Å². The van der Waals surface area contributed by atoms with Crippen LogP contribution in [0.15, 0.2) is 11.6 Å². The van der Waals surface area contributed by atoms with Crippen LogP contribution in [-0.2, 0) is 6.54 Å². The quantitative estimate of drug-likeness (QED) is 0.919. The molecule has 0 aliphatic carbocycles. The van der Waals surface area contributed by atoms with Crippen molar-refractivity contribution in [1.82, 2.24) is 14.7 Å². The lowest BCUT2D eigenvalue weighted by atomic mass is 9.94. The molecule has 5 heteroatoms. The van der Waals surface area contributed by atoms with Crippen molar-refractivity contribution >= 4 is 22.1 Å². The number of hydrogen-bond acceptors (Lipinski definition) is 4. The van der Waals surface area contributed by atoms with Crippen molar-refractivity contribution in [2.75, 3.05) is 24.5 Å². The smallest absolute Gasteiger partial charge is 0.195 e. The van der Waals surface area contributed by atoms with Crippen molar-refractivity contribution in [3.05, 3.63) is 17.3 Å². The molecule has 4 nitrogen and oxygen atoms in total. The predicted molar refractivity (Wildman–Crippen MR) is 85.7 cm³/mol. The van der Waals surface area contributed by atoms with Crippen molar-refractivity contribution < 1.29 is 0 Å². The van der Waals surface area contributed by atoms with E-state index in [0.29, 0.717) is 0 Å². The summed E-state index contributed by atoms with van der Waals surface area (Å²) in [6.07, 6.45) is 6.07. The molecule has 1 saturated heterocycles. The maximum atomic E-state index is 4.87. The van der Waals surface area contributed by atoms with Gasteiger partial charge in [0.1, 0.15) is 0 Å². The maximum absolute atomic E-state index is 4.87. The largest absolute Gasteiger partial charge is 0.355 e. The minimum Gasteiger partial charge on any atom is -0.355 e. The Labute approximate surface area is 124 Å². The lowest BCUT2D eigenvalue weighted by molar-refractivity contribution is 0.393. The number of rotatable bonds is 5. The number of fused-ring (bicyclic) bond motifs is 1. The second kappa shape index (κ2) is 6.14. The highest BCUT2D eigenvalue weighted by Crippen LogP contribution is 2.29. The van der Waals surface area contributed by atoms with E-state index in [1.54, 1.807) is 11.3 Å². The monoisotopic (exact) mass is 292 g/mol. The molecule has 0 spiro atoms. The van der Waals surface area contributed by atoms with Crippen LogP contribution in [0, 0.1) is 5.92 Å². The van der Waals surface area contributed by atoms with Crippen LogP contribution in [0.2, 0.25) is 0 Å². The molecule has 3 heterocycles. The van der Waals surface area contributed by atoms with Gasteiger partial charge in [-0.25, -0.2) is 4.98 Å². The van der Waals surface area contributed by atoms with Crippen LogP contribution in [0.1, 0.15) is 38.8 Å². The summed E-state index contributed by atoms with van der Waals surface area (Å²) in [5.41, 5.74) is 1.32.